The number of nitrogens with zero attached hydrogens (tertiary/aromatic N) is 1. The zero-order chi connectivity index (χ0) is 14.6. The SMILES string of the molecule is CCC(C)[C@H](N)C(=O)Nc1cc(Br)ccc1N(C)C. The molecular formula is C14H22BrN3O. The summed E-state index contributed by atoms with van der Waals surface area (Å²) in [6.07, 6.45) is 0.883. The molecule has 1 aromatic rings. The third kappa shape index (κ3) is 4.21. The van der Waals surface area contributed by atoms with Crippen molar-refractivity contribution in [3.05, 3.63) is 22.7 Å². The largest absolute Gasteiger partial charge is 0.376 e. The molecule has 0 heterocycles. The molecule has 0 saturated heterocycles. The molecule has 5 heteroatoms. The van der Waals surface area contributed by atoms with Gasteiger partial charge in [-0.15, -0.1) is 0 Å². The molecule has 3 N–H and O–H groups in total. The van der Waals surface area contributed by atoms with Gasteiger partial charge in [0.1, 0.15) is 0 Å². The first-order chi connectivity index (χ1) is 8.86. The number of amides is 1. The van der Waals surface area contributed by atoms with Crippen LogP contribution < -0.4 is 16.0 Å². The maximum Gasteiger partial charge on any atom is 0.241 e. The number of carbonyl (C=O) groups is 1. The molecule has 2 atom stereocenters. The number of hydrogen-bond donors (Lipinski definition) is 2. The van der Waals surface area contributed by atoms with Crippen molar-refractivity contribution in [1.82, 2.24) is 0 Å². The minimum Gasteiger partial charge on any atom is -0.376 e. The third-order valence-corrected chi connectivity index (χ3v) is 3.75. The van der Waals surface area contributed by atoms with Crippen LogP contribution in [-0.2, 0) is 4.79 Å². The van der Waals surface area contributed by atoms with E-state index in [2.05, 4.69) is 21.2 Å². The van der Waals surface area contributed by atoms with Crippen LogP contribution in [0.5, 0.6) is 0 Å². The van der Waals surface area contributed by atoms with Crippen LogP contribution in [0.3, 0.4) is 0 Å². The summed E-state index contributed by atoms with van der Waals surface area (Å²) in [7, 11) is 3.88. The number of carbonyl (C=O) groups excluding carboxylic acids is 1. The van der Waals surface area contributed by atoms with Crippen molar-refractivity contribution in [3.8, 4) is 0 Å². The summed E-state index contributed by atoms with van der Waals surface area (Å²) in [5.74, 6) is 0.0190. The zero-order valence-electron chi connectivity index (χ0n) is 11.9. The fourth-order valence-electron chi connectivity index (χ4n) is 1.73. The van der Waals surface area contributed by atoms with E-state index in [4.69, 9.17) is 5.73 Å². The summed E-state index contributed by atoms with van der Waals surface area (Å²) in [5, 5.41) is 2.91. The lowest BCUT2D eigenvalue weighted by atomic mass is 9.99. The highest BCUT2D eigenvalue weighted by Crippen LogP contribution is 2.28. The summed E-state index contributed by atoms with van der Waals surface area (Å²) in [6.45, 7) is 4.01. The Kier molecular flexibility index (Phi) is 5.82. The normalized spacial score (nSPS) is 13.8. The summed E-state index contributed by atoms with van der Waals surface area (Å²) >= 11 is 3.41. The lowest BCUT2D eigenvalue weighted by Gasteiger charge is -2.21. The highest BCUT2D eigenvalue weighted by molar-refractivity contribution is 9.10. The maximum absolute atomic E-state index is 12.1. The quantitative estimate of drug-likeness (QED) is 0.874. The molecule has 0 aliphatic carbocycles. The van der Waals surface area contributed by atoms with Gasteiger partial charge in [-0.3, -0.25) is 4.79 Å². The summed E-state index contributed by atoms with van der Waals surface area (Å²) in [6, 6.07) is 5.30. The zero-order valence-corrected chi connectivity index (χ0v) is 13.5. The Bertz CT molecular complexity index is 448. The van der Waals surface area contributed by atoms with E-state index in [1.54, 1.807) is 0 Å². The van der Waals surface area contributed by atoms with Gasteiger partial charge in [-0.25, -0.2) is 0 Å². The molecule has 0 bridgehead atoms. The first kappa shape index (κ1) is 16.0. The smallest absolute Gasteiger partial charge is 0.241 e. The van der Waals surface area contributed by atoms with Crippen molar-refractivity contribution < 1.29 is 4.79 Å². The number of anilines is 2. The molecule has 106 valence electrons. The van der Waals surface area contributed by atoms with Crippen molar-refractivity contribution in [2.75, 3.05) is 24.3 Å². The van der Waals surface area contributed by atoms with Crippen LogP contribution in [0.4, 0.5) is 11.4 Å². The molecule has 0 radical (unpaired) electrons. The maximum atomic E-state index is 12.1. The van der Waals surface area contributed by atoms with Crippen LogP contribution in [-0.4, -0.2) is 26.0 Å². The van der Waals surface area contributed by atoms with Crippen molar-refractivity contribution in [2.45, 2.75) is 26.3 Å². The fraction of sp³-hybridized carbons (Fsp3) is 0.500. The molecule has 1 amide bonds. The molecule has 1 unspecified atom stereocenters. The van der Waals surface area contributed by atoms with Gasteiger partial charge < -0.3 is 16.0 Å². The van der Waals surface area contributed by atoms with Crippen molar-refractivity contribution in [1.29, 1.82) is 0 Å². The monoisotopic (exact) mass is 327 g/mol. The van der Waals surface area contributed by atoms with E-state index in [0.717, 1.165) is 22.3 Å². The van der Waals surface area contributed by atoms with Gasteiger partial charge in [-0.05, 0) is 24.1 Å². The van der Waals surface area contributed by atoms with Gasteiger partial charge in [0.25, 0.3) is 0 Å². The lowest BCUT2D eigenvalue weighted by molar-refractivity contribution is -0.118. The number of rotatable bonds is 5. The molecular weight excluding hydrogens is 306 g/mol. The Hall–Kier alpha value is -1.07. The number of halogens is 1. The van der Waals surface area contributed by atoms with Crippen LogP contribution in [0, 0.1) is 5.92 Å². The van der Waals surface area contributed by atoms with E-state index in [0.29, 0.717) is 0 Å². The Labute approximate surface area is 123 Å². The summed E-state index contributed by atoms with van der Waals surface area (Å²) < 4.78 is 0.922. The first-order valence-electron chi connectivity index (χ1n) is 6.40. The van der Waals surface area contributed by atoms with Crippen molar-refractivity contribution in [3.63, 3.8) is 0 Å². The fourth-order valence-corrected chi connectivity index (χ4v) is 2.09. The van der Waals surface area contributed by atoms with Crippen molar-refractivity contribution in [2.24, 2.45) is 11.7 Å². The van der Waals surface area contributed by atoms with Gasteiger partial charge in [0.05, 0.1) is 17.4 Å². The van der Waals surface area contributed by atoms with Crippen LogP contribution in [0.2, 0.25) is 0 Å². The molecule has 0 spiro atoms. The standard InChI is InChI=1S/C14H22BrN3O/c1-5-9(2)13(16)14(19)17-11-8-10(15)6-7-12(11)18(3)4/h6-9,13H,5,16H2,1-4H3,(H,17,19)/t9?,13-/m0/s1. The molecule has 1 rings (SSSR count). The number of nitrogens with two attached hydrogens (primary N) is 1. The second-order valence-corrected chi connectivity index (χ2v) is 5.87. The second-order valence-electron chi connectivity index (χ2n) is 4.96. The van der Waals surface area contributed by atoms with Crippen LogP contribution in [0.1, 0.15) is 20.3 Å². The summed E-state index contributed by atoms with van der Waals surface area (Å²) in [5.41, 5.74) is 7.66. The molecule has 0 aliphatic rings. The molecule has 0 fully saturated rings. The highest BCUT2D eigenvalue weighted by atomic mass is 79.9. The Morgan fingerprint density at radius 1 is 1.47 bits per heavy atom. The molecule has 4 nitrogen and oxygen atoms in total. The van der Waals surface area contributed by atoms with Crippen molar-refractivity contribution >= 4 is 33.2 Å². The van der Waals surface area contributed by atoms with Crippen LogP contribution in [0.25, 0.3) is 0 Å². The average molecular weight is 328 g/mol. The molecule has 0 aromatic heterocycles. The van der Waals surface area contributed by atoms with Gasteiger partial charge >= 0.3 is 0 Å². The predicted octanol–water partition coefficient (Wildman–Crippen LogP) is 2.83. The molecule has 19 heavy (non-hydrogen) atoms. The first-order valence-corrected chi connectivity index (χ1v) is 7.19. The van der Waals surface area contributed by atoms with E-state index in [1.807, 2.05) is 51.0 Å². The van der Waals surface area contributed by atoms with E-state index >= 15 is 0 Å². The number of nitrogens with one attached hydrogen (secondary N) is 1. The van der Waals surface area contributed by atoms with E-state index in [1.165, 1.54) is 0 Å². The molecule has 0 saturated carbocycles. The van der Waals surface area contributed by atoms with E-state index in [9.17, 15) is 4.79 Å². The lowest BCUT2D eigenvalue weighted by Crippen LogP contribution is -2.40. The van der Waals surface area contributed by atoms with Gasteiger partial charge in [-0.1, -0.05) is 36.2 Å². The minimum absolute atomic E-state index is 0.143. The second kappa shape index (κ2) is 6.91. The van der Waals surface area contributed by atoms with Gasteiger partial charge in [-0.2, -0.15) is 0 Å². The van der Waals surface area contributed by atoms with Crippen LogP contribution >= 0.6 is 15.9 Å². The van der Waals surface area contributed by atoms with E-state index < -0.39 is 6.04 Å². The minimum atomic E-state index is -0.487. The van der Waals surface area contributed by atoms with E-state index in [-0.39, 0.29) is 11.8 Å². The Morgan fingerprint density at radius 3 is 2.63 bits per heavy atom. The molecule has 1 aromatic carbocycles. The number of benzene rings is 1. The predicted molar refractivity (Wildman–Crippen MR) is 84.5 cm³/mol. The van der Waals surface area contributed by atoms with Crippen LogP contribution in [0.15, 0.2) is 22.7 Å². The van der Waals surface area contributed by atoms with Gasteiger partial charge in [0, 0.05) is 18.6 Å². The third-order valence-electron chi connectivity index (χ3n) is 3.26. The Morgan fingerprint density at radius 2 is 2.11 bits per heavy atom. The average Bonchev–Trinajstić information content (AvgIpc) is 2.36. The molecule has 0 aliphatic heterocycles. The summed E-state index contributed by atoms with van der Waals surface area (Å²) in [4.78, 5) is 14.1. The topological polar surface area (TPSA) is 58.4 Å². The Balaban J connectivity index is 2.92. The van der Waals surface area contributed by atoms with Gasteiger partial charge in [0.15, 0.2) is 0 Å². The number of hydrogen-bond acceptors (Lipinski definition) is 3. The van der Waals surface area contributed by atoms with Gasteiger partial charge in [0.2, 0.25) is 5.91 Å². The highest BCUT2D eigenvalue weighted by Gasteiger charge is 2.20.